The van der Waals surface area contributed by atoms with Crippen molar-refractivity contribution in [3.8, 4) is 10.4 Å². The van der Waals surface area contributed by atoms with Crippen LogP contribution in [0.3, 0.4) is 0 Å². The van der Waals surface area contributed by atoms with Gasteiger partial charge in [0.1, 0.15) is 12.1 Å². The van der Waals surface area contributed by atoms with Crippen molar-refractivity contribution in [3.63, 3.8) is 0 Å². The third-order valence-electron chi connectivity index (χ3n) is 11.2. The minimum atomic E-state index is -0.928. The number of β-amino-alcohol motifs (C(OH)–C–C–N with tert-alkyl or cyclic N) is 1. The summed E-state index contributed by atoms with van der Waals surface area (Å²) in [5.41, 5.74) is 7.67. The Morgan fingerprint density at radius 3 is 2.16 bits per heavy atom. The fourth-order valence-corrected chi connectivity index (χ4v) is 8.55. The molecule has 4 amide bonds. The van der Waals surface area contributed by atoms with E-state index in [0.717, 1.165) is 34.7 Å². The molecule has 1 saturated heterocycles. The summed E-state index contributed by atoms with van der Waals surface area (Å²) in [4.78, 5) is 59.6. The summed E-state index contributed by atoms with van der Waals surface area (Å²) < 4.78 is 19.0. The van der Waals surface area contributed by atoms with E-state index in [2.05, 4.69) is 56.0 Å². The Morgan fingerprint density at radius 1 is 0.828 bits per heavy atom. The lowest BCUT2D eigenvalue weighted by Crippen LogP contribution is -2.57. The summed E-state index contributed by atoms with van der Waals surface area (Å²) in [6, 6.07) is 24.8. The topological polar surface area (TPSA) is 173 Å². The van der Waals surface area contributed by atoms with Crippen molar-refractivity contribution >= 4 is 45.9 Å². The Balaban J connectivity index is 0.818. The monoisotopic (exact) mass is 894 g/mol. The van der Waals surface area contributed by atoms with E-state index in [-0.39, 0.29) is 69.9 Å². The van der Waals surface area contributed by atoms with Gasteiger partial charge in [-0.2, -0.15) is 0 Å². The highest BCUT2D eigenvalue weighted by Crippen LogP contribution is 2.29. The molecule has 4 N–H and O–H groups in total. The van der Waals surface area contributed by atoms with Crippen molar-refractivity contribution in [2.45, 2.75) is 84.7 Å². The molecule has 0 saturated carbocycles. The SMILES string of the molecule is Cc1ncsc1-c1ccc(CNC(=O)[C@@H]2C[C@@H](O)CN2C(=O)[C@@H](NC(=O)CCOCCOCCOCCC(=O)NCCc2cn(Cc3ccccc3)c3ccccc23)C(C)(C)C)cc1. The van der Waals surface area contributed by atoms with Gasteiger partial charge in [0, 0.05) is 62.5 Å². The van der Waals surface area contributed by atoms with Crippen molar-refractivity contribution in [1.82, 2.24) is 30.4 Å². The molecule has 14 nitrogen and oxygen atoms in total. The van der Waals surface area contributed by atoms with Crippen LogP contribution in [0.4, 0.5) is 0 Å². The second kappa shape index (κ2) is 23.5. The number of aromatic nitrogens is 2. The van der Waals surface area contributed by atoms with Gasteiger partial charge >= 0.3 is 0 Å². The number of aryl methyl sites for hydroxylation is 1. The fourth-order valence-electron chi connectivity index (χ4n) is 7.74. The minimum Gasteiger partial charge on any atom is -0.391 e. The van der Waals surface area contributed by atoms with Gasteiger partial charge in [-0.15, -0.1) is 11.3 Å². The molecule has 3 heterocycles. The van der Waals surface area contributed by atoms with Gasteiger partial charge in [-0.3, -0.25) is 19.2 Å². The number of hydrogen-bond acceptors (Lipinski definition) is 10. The Kier molecular flexibility index (Phi) is 17.6. The van der Waals surface area contributed by atoms with Crippen LogP contribution in [0, 0.1) is 12.3 Å². The zero-order valence-corrected chi connectivity index (χ0v) is 38.2. The number of fused-ring (bicyclic) bond motifs is 1. The number of para-hydroxylation sites is 1. The van der Waals surface area contributed by atoms with Gasteiger partial charge in [0.2, 0.25) is 23.6 Å². The number of thiazole rings is 1. The number of ether oxygens (including phenoxy) is 3. The molecule has 2 aromatic heterocycles. The third-order valence-corrected chi connectivity index (χ3v) is 12.2. The van der Waals surface area contributed by atoms with Gasteiger partial charge in [-0.05, 0) is 47.1 Å². The maximum absolute atomic E-state index is 13.9. The van der Waals surface area contributed by atoms with Crippen molar-refractivity contribution in [2.24, 2.45) is 5.41 Å². The minimum absolute atomic E-state index is 0.00375. The van der Waals surface area contributed by atoms with Gasteiger partial charge in [-0.1, -0.05) is 93.6 Å². The molecule has 15 heteroatoms. The predicted octanol–water partition coefficient (Wildman–Crippen LogP) is 5.42. The standard InChI is InChI=1S/C49H62N6O8S/c1-34-45(64-33-52-34)37-16-14-35(15-17-37)29-51-47(59)42-28-39(56)32-55(42)48(60)46(49(2,3)4)53-44(58)20-23-62-25-27-63-26-24-61-22-19-43(57)50-21-18-38-31-54(30-36-10-6-5-7-11-36)41-13-9-8-12-40(38)41/h5-17,31,33,39,42,46,56H,18-30,32H2,1-4H3,(H,50,57)(H,51,59)(H,53,58)/t39-,42+,46-/m1/s1. The lowest BCUT2D eigenvalue weighted by molar-refractivity contribution is -0.144. The van der Waals surface area contributed by atoms with Crippen LogP contribution in [-0.4, -0.2) is 114 Å². The molecule has 3 aromatic carbocycles. The summed E-state index contributed by atoms with van der Waals surface area (Å²) >= 11 is 1.57. The quantitative estimate of drug-likeness (QED) is 0.0625. The smallest absolute Gasteiger partial charge is 0.246 e. The predicted molar refractivity (Wildman–Crippen MR) is 248 cm³/mol. The van der Waals surface area contributed by atoms with E-state index in [4.69, 9.17) is 14.2 Å². The summed E-state index contributed by atoms with van der Waals surface area (Å²) in [6.07, 6.45) is 2.43. The number of rotatable bonds is 23. The number of aliphatic hydroxyl groups is 1. The molecule has 0 unspecified atom stereocenters. The Hall–Kier alpha value is -5.45. The van der Waals surface area contributed by atoms with E-state index in [1.54, 1.807) is 11.3 Å². The van der Waals surface area contributed by atoms with Gasteiger partial charge in [0.15, 0.2) is 0 Å². The average molecular weight is 895 g/mol. The van der Waals surface area contributed by atoms with Crippen LogP contribution in [0.5, 0.6) is 0 Å². The van der Waals surface area contributed by atoms with Gasteiger partial charge in [0.25, 0.3) is 0 Å². The molecule has 1 fully saturated rings. The molecule has 3 atom stereocenters. The second-order valence-electron chi connectivity index (χ2n) is 17.2. The van der Waals surface area contributed by atoms with Crippen molar-refractivity contribution in [2.75, 3.05) is 52.7 Å². The molecule has 64 heavy (non-hydrogen) atoms. The lowest BCUT2D eigenvalue weighted by atomic mass is 9.85. The highest BCUT2D eigenvalue weighted by molar-refractivity contribution is 7.13. The molecule has 6 rings (SSSR count). The first-order valence-electron chi connectivity index (χ1n) is 22.0. The lowest BCUT2D eigenvalue weighted by Gasteiger charge is -2.35. The van der Waals surface area contributed by atoms with Crippen LogP contribution in [0.2, 0.25) is 0 Å². The normalized spacial score (nSPS) is 15.6. The largest absolute Gasteiger partial charge is 0.391 e. The fraction of sp³-hybridized carbons (Fsp3) is 0.449. The van der Waals surface area contributed by atoms with E-state index in [0.29, 0.717) is 26.4 Å². The average Bonchev–Trinajstić information content (AvgIpc) is 4.00. The molecule has 1 aliphatic heterocycles. The maximum Gasteiger partial charge on any atom is 0.246 e. The number of carbonyl (C=O) groups excluding carboxylic acids is 4. The number of carbonyl (C=O) groups is 4. The molecular formula is C49H62N6O8S. The number of nitrogens with zero attached hydrogens (tertiary/aromatic N) is 3. The number of hydrogen-bond donors (Lipinski definition) is 4. The molecule has 342 valence electrons. The first-order valence-corrected chi connectivity index (χ1v) is 22.9. The number of likely N-dealkylation sites (tertiary alicyclic amines) is 1. The van der Waals surface area contributed by atoms with Crippen LogP contribution in [0.15, 0.2) is 90.6 Å². The first-order chi connectivity index (χ1) is 30.9. The highest BCUT2D eigenvalue weighted by atomic mass is 32.1. The summed E-state index contributed by atoms with van der Waals surface area (Å²) in [6.45, 7) is 10.7. The van der Waals surface area contributed by atoms with Crippen LogP contribution in [-0.2, 0) is 52.9 Å². The van der Waals surface area contributed by atoms with Crippen LogP contribution < -0.4 is 16.0 Å². The van der Waals surface area contributed by atoms with Crippen LogP contribution in [0.25, 0.3) is 21.3 Å². The molecule has 5 aromatic rings. The van der Waals surface area contributed by atoms with Crippen molar-refractivity contribution < 1.29 is 38.5 Å². The molecule has 0 radical (unpaired) electrons. The Labute approximate surface area is 379 Å². The summed E-state index contributed by atoms with van der Waals surface area (Å²) in [7, 11) is 0. The molecule has 1 aliphatic rings. The molecule has 0 spiro atoms. The van der Waals surface area contributed by atoms with Gasteiger partial charge in [0.05, 0.1) is 61.8 Å². The third kappa shape index (κ3) is 13.8. The van der Waals surface area contributed by atoms with Gasteiger partial charge < -0.3 is 44.7 Å². The van der Waals surface area contributed by atoms with Crippen molar-refractivity contribution in [3.05, 3.63) is 113 Å². The second-order valence-corrected chi connectivity index (χ2v) is 18.0. The van der Waals surface area contributed by atoms with Crippen LogP contribution in [0.1, 0.15) is 62.4 Å². The maximum atomic E-state index is 13.9. The van der Waals surface area contributed by atoms with E-state index >= 15 is 0 Å². The molecule has 0 bridgehead atoms. The van der Waals surface area contributed by atoms with Crippen molar-refractivity contribution in [1.29, 1.82) is 0 Å². The number of aliphatic hydroxyl groups excluding tert-OH is 1. The number of benzene rings is 3. The summed E-state index contributed by atoms with van der Waals surface area (Å²) in [5, 5.41) is 20.5. The number of amides is 4. The van der Waals surface area contributed by atoms with E-state index in [1.165, 1.54) is 26.9 Å². The number of nitrogens with one attached hydrogen (secondary N) is 3. The first kappa shape index (κ1) is 48.0. The van der Waals surface area contributed by atoms with Crippen LogP contribution >= 0.6 is 11.3 Å². The molecular weight excluding hydrogens is 833 g/mol. The Bertz CT molecular complexity index is 2290. The van der Waals surface area contributed by atoms with Gasteiger partial charge in [-0.25, -0.2) is 4.98 Å². The molecule has 0 aliphatic carbocycles. The Morgan fingerprint density at radius 2 is 1.48 bits per heavy atom. The zero-order chi connectivity index (χ0) is 45.5. The van der Waals surface area contributed by atoms with E-state index in [1.807, 2.05) is 87.8 Å². The zero-order valence-electron chi connectivity index (χ0n) is 37.3. The summed E-state index contributed by atoms with van der Waals surface area (Å²) in [5.74, 6) is -1.22. The van der Waals surface area contributed by atoms with E-state index < -0.39 is 29.5 Å². The van der Waals surface area contributed by atoms with E-state index in [9.17, 15) is 24.3 Å². The highest BCUT2D eigenvalue weighted by Gasteiger charge is 2.44.